The van der Waals surface area contributed by atoms with Crippen molar-refractivity contribution in [1.82, 2.24) is 5.32 Å². The van der Waals surface area contributed by atoms with Crippen molar-refractivity contribution in [3.05, 3.63) is 0 Å². The second-order valence-corrected chi connectivity index (χ2v) is 12.5. The zero-order valence-corrected chi connectivity index (χ0v) is 10.6. The molecule has 1 fully saturated rings. The van der Waals surface area contributed by atoms with Crippen molar-refractivity contribution < 1.29 is 4.74 Å². The third-order valence-corrected chi connectivity index (χ3v) is 4.61. The van der Waals surface area contributed by atoms with Crippen molar-refractivity contribution in [2.45, 2.75) is 25.0 Å². The molecule has 0 saturated carbocycles. The summed E-state index contributed by atoms with van der Waals surface area (Å²) in [6.07, 6.45) is 2.26. The van der Waals surface area contributed by atoms with Crippen LogP contribution in [0, 0.1) is 0 Å². The lowest BCUT2D eigenvalue weighted by Crippen LogP contribution is -2.38. The number of nitrogens with one attached hydrogen (secondary N) is 1. The van der Waals surface area contributed by atoms with Crippen molar-refractivity contribution in [2.24, 2.45) is 0 Å². The summed E-state index contributed by atoms with van der Waals surface area (Å²) in [7, 11) is 0. The maximum atomic E-state index is 5.76. The van der Waals surface area contributed by atoms with Gasteiger partial charge in [-0.1, -0.05) is 0 Å². The third-order valence-electron chi connectivity index (χ3n) is 1.99. The maximum Gasteiger partial charge on any atom is 0.341 e. The van der Waals surface area contributed by atoms with Crippen LogP contribution in [0.3, 0.4) is 0 Å². The molecule has 1 aliphatic heterocycles. The summed E-state index contributed by atoms with van der Waals surface area (Å²) >= 11 is 17.3. The second-order valence-electron chi connectivity index (χ2n) is 3.20. The van der Waals surface area contributed by atoms with E-state index in [0.717, 1.165) is 38.6 Å². The van der Waals surface area contributed by atoms with Crippen molar-refractivity contribution in [3.8, 4) is 0 Å². The molecular formula is C7H14Cl3NOSi. The van der Waals surface area contributed by atoms with E-state index in [1.807, 2.05) is 0 Å². The van der Waals surface area contributed by atoms with Crippen molar-refractivity contribution >= 4 is 39.2 Å². The van der Waals surface area contributed by atoms with E-state index < -0.39 is 6.00 Å². The molecule has 78 valence electrons. The lowest BCUT2D eigenvalue weighted by atomic mass is 10.2. The van der Waals surface area contributed by atoms with Crippen LogP contribution in [0.5, 0.6) is 0 Å². The van der Waals surface area contributed by atoms with Crippen molar-refractivity contribution in [2.75, 3.05) is 19.7 Å². The Morgan fingerprint density at radius 3 is 2.69 bits per heavy atom. The monoisotopic (exact) mass is 261 g/mol. The molecule has 1 rings (SSSR count). The van der Waals surface area contributed by atoms with E-state index in [2.05, 4.69) is 5.32 Å². The molecule has 6 heteroatoms. The van der Waals surface area contributed by atoms with Gasteiger partial charge in [-0.2, -0.15) is 0 Å². The Bertz CT molecular complexity index is 147. The molecule has 1 heterocycles. The van der Waals surface area contributed by atoms with Gasteiger partial charge in [0.05, 0.1) is 12.7 Å². The Kier molecular flexibility index (Phi) is 5.37. The molecule has 0 amide bonds. The molecule has 1 unspecified atom stereocenters. The van der Waals surface area contributed by atoms with E-state index in [4.69, 9.17) is 38.0 Å². The largest absolute Gasteiger partial charge is 0.376 e. The predicted molar refractivity (Wildman–Crippen MR) is 60.0 cm³/mol. The molecule has 1 atom stereocenters. The van der Waals surface area contributed by atoms with Crippen LogP contribution in [0.15, 0.2) is 0 Å². The van der Waals surface area contributed by atoms with Crippen LogP contribution in [0.1, 0.15) is 12.8 Å². The zero-order valence-electron chi connectivity index (χ0n) is 7.36. The fraction of sp³-hybridized carbons (Fsp3) is 1.00. The molecular weight excluding hydrogens is 249 g/mol. The number of morpholine rings is 1. The molecule has 2 nitrogen and oxygen atoms in total. The Morgan fingerprint density at radius 2 is 2.15 bits per heavy atom. The van der Waals surface area contributed by atoms with Crippen LogP contribution in [0.2, 0.25) is 6.04 Å². The van der Waals surface area contributed by atoms with Gasteiger partial charge in [0, 0.05) is 13.1 Å². The van der Waals surface area contributed by atoms with E-state index in [-0.39, 0.29) is 0 Å². The summed E-state index contributed by atoms with van der Waals surface area (Å²) < 4.78 is 5.52. The summed E-state index contributed by atoms with van der Waals surface area (Å²) in [6, 6.07) is -1.67. The number of ether oxygens (including phenoxy) is 1. The van der Waals surface area contributed by atoms with Gasteiger partial charge in [0.2, 0.25) is 0 Å². The Balaban J connectivity index is 2.04. The maximum absolute atomic E-state index is 5.76. The third kappa shape index (κ3) is 6.15. The molecule has 0 spiro atoms. The molecule has 13 heavy (non-hydrogen) atoms. The smallest absolute Gasteiger partial charge is 0.341 e. The second kappa shape index (κ2) is 5.78. The van der Waals surface area contributed by atoms with E-state index in [0.29, 0.717) is 6.10 Å². The first kappa shape index (κ1) is 12.1. The Hall–Kier alpha value is 1.01. The summed E-state index contributed by atoms with van der Waals surface area (Å²) in [5.41, 5.74) is 0. The Morgan fingerprint density at radius 1 is 1.38 bits per heavy atom. The molecule has 1 saturated heterocycles. The molecule has 0 bridgehead atoms. The minimum atomic E-state index is -2.40. The number of rotatable bonds is 4. The van der Waals surface area contributed by atoms with E-state index in [1.54, 1.807) is 0 Å². The van der Waals surface area contributed by atoms with Crippen LogP contribution in [-0.4, -0.2) is 31.8 Å². The van der Waals surface area contributed by atoms with Crippen LogP contribution in [-0.2, 0) is 4.74 Å². The van der Waals surface area contributed by atoms with Crippen LogP contribution in [0.4, 0.5) is 0 Å². The summed E-state index contributed by atoms with van der Waals surface area (Å²) in [5.74, 6) is 0. The average molecular weight is 263 g/mol. The molecule has 1 N–H and O–H groups in total. The standard InChI is InChI=1S/C7H14Cl3NOSi/c8-13(9,10)5-1-2-7-6-11-3-4-12-7/h7,11H,1-6H2. The van der Waals surface area contributed by atoms with Crippen LogP contribution in [0.25, 0.3) is 0 Å². The topological polar surface area (TPSA) is 21.3 Å². The van der Waals surface area contributed by atoms with Gasteiger partial charge in [-0.3, -0.25) is 0 Å². The minimum absolute atomic E-state index is 0.315. The predicted octanol–water partition coefficient (Wildman–Crippen LogP) is 2.41. The van der Waals surface area contributed by atoms with E-state index >= 15 is 0 Å². The molecule has 0 radical (unpaired) electrons. The first-order valence-corrected chi connectivity index (χ1v) is 9.71. The van der Waals surface area contributed by atoms with E-state index in [9.17, 15) is 0 Å². The molecule has 0 aromatic heterocycles. The number of hydrogen-bond donors (Lipinski definition) is 1. The van der Waals surface area contributed by atoms with Gasteiger partial charge in [-0.05, 0) is 18.9 Å². The van der Waals surface area contributed by atoms with Gasteiger partial charge in [-0.15, -0.1) is 33.2 Å². The quantitative estimate of drug-likeness (QED) is 0.621. The minimum Gasteiger partial charge on any atom is -0.376 e. The van der Waals surface area contributed by atoms with Gasteiger partial charge in [0.25, 0.3) is 0 Å². The molecule has 0 aliphatic carbocycles. The van der Waals surface area contributed by atoms with Crippen molar-refractivity contribution in [1.29, 1.82) is 0 Å². The number of hydrogen-bond acceptors (Lipinski definition) is 2. The van der Waals surface area contributed by atoms with Gasteiger partial charge in [0.15, 0.2) is 0 Å². The van der Waals surface area contributed by atoms with Gasteiger partial charge in [-0.25, -0.2) is 0 Å². The normalized spacial score (nSPS) is 24.7. The highest BCUT2D eigenvalue weighted by atomic mass is 35.8. The lowest BCUT2D eigenvalue weighted by Gasteiger charge is -2.23. The highest BCUT2D eigenvalue weighted by molar-refractivity contribution is 7.64. The summed E-state index contributed by atoms with van der Waals surface area (Å²) in [4.78, 5) is 0. The highest BCUT2D eigenvalue weighted by Crippen LogP contribution is 2.27. The summed E-state index contributed by atoms with van der Waals surface area (Å²) in [6.45, 7) is 2.69. The Labute approximate surface area is 94.0 Å². The molecule has 1 aliphatic rings. The fourth-order valence-electron chi connectivity index (χ4n) is 1.34. The van der Waals surface area contributed by atoms with Crippen molar-refractivity contribution in [3.63, 3.8) is 0 Å². The molecule has 0 aromatic carbocycles. The van der Waals surface area contributed by atoms with Gasteiger partial charge >= 0.3 is 6.00 Å². The van der Waals surface area contributed by atoms with E-state index in [1.165, 1.54) is 0 Å². The zero-order chi connectivity index (χ0) is 9.73. The van der Waals surface area contributed by atoms with Crippen LogP contribution < -0.4 is 5.32 Å². The lowest BCUT2D eigenvalue weighted by molar-refractivity contribution is 0.0232. The summed E-state index contributed by atoms with van der Waals surface area (Å²) in [5, 5.41) is 3.27. The highest BCUT2D eigenvalue weighted by Gasteiger charge is 2.24. The fourth-order valence-corrected chi connectivity index (χ4v) is 3.14. The first-order valence-electron chi connectivity index (χ1n) is 4.47. The molecule has 0 aromatic rings. The first-order chi connectivity index (χ1) is 6.08. The number of halogens is 3. The average Bonchev–Trinajstić information content (AvgIpc) is 2.04. The SMILES string of the molecule is Cl[Si](Cl)(Cl)CCCC1CNCCO1. The van der Waals surface area contributed by atoms with Crippen LogP contribution >= 0.6 is 33.2 Å². The van der Waals surface area contributed by atoms with Gasteiger partial charge in [0.1, 0.15) is 0 Å². The van der Waals surface area contributed by atoms with Gasteiger partial charge < -0.3 is 10.1 Å².